The van der Waals surface area contributed by atoms with E-state index in [4.69, 9.17) is 0 Å². The fourth-order valence-corrected chi connectivity index (χ4v) is 8.05. The lowest BCUT2D eigenvalue weighted by Gasteiger charge is -2.29. The molecule has 0 amide bonds. The number of benzene rings is 2. The summed E-state index contributed by atoms with van der Waals surface area (Å²) in [6.07, 6.45) is 0. The van der Waals surface area contributed by atoms with Crippen LogP contribution in [0.2, 0.25) is 0 Å². The molecule has 8 heteroatoms. The Morgan fingerprint density at radius 2 is 0.971 bits per heavy atom. The second-order valence-electron chi connectivity index (χ2n) is 9.43. The van der Waals surface area contributed by atoms with Gasteiger partial charge in [0.2, 0.25) is 20.0 Å². The Hall–Kier alpha value is -2.52. The van der Waals surface area contributed by atoms with Crippen LogP contribution in [-0.4, -0.2) is 51.6 Å². The van der Waals surface area contributed by atoms with E-state index < -0.39 is 20.0 Å². The molecule has 6 nitrogen and oxygen atoms in total. The van der Waals surface area contributed by atoms with Crippen molar-refractivity contribution in [2.45, 2.75) is 23.6 Å². The Kier molecular flexibility index (Phi) is 5.48. The Bertz CT molecular complexity index is 1330. The average molecular weight is 497 g/mol. The van der Waals surface area contributed by atoms with Crippen LogP contribution in [-0.2, 0) is 20.0 Å². The number of nitrogens with zero attached hydrogens (tertiary/aromatic N) is 2. The van der Waals surface area contributed by atoms with Crippen LogP contribution in [0.25, 0.3) is 0 Å². The lowest BCUT2D eigenvalue weighted by molar-refractivity contribution is 0.461. The van der Waals surface area contributed by atoms with E-state index in [0.29, 0.717) is 13.1 Å². The molecule has 2 heterocycles. The minimum Gasteiger partial charge on any atom is -0.207 e. The van der Waals surface area contributed by atoms with E-state index in [-0.39, 0.29) is 34.7 Å². The normalized spacial score (nSPS) is 23.9. The zero-order chi connectivity index (χ0) is 24.4. The average Bonchev–Trinajstić information content (AvgIpc) is 3.44. The summed E-state index contributed by atoms with van der Waals surface area (Å²) in [4.78, 5) is 0.525. The highest BCUT2D eigenvalue weighted by atomic mass is 32.2. The summed E-state index contributed by atoms with van der Waals surface area (Å²) < 4.78 is 56.4. The van der Waals surface area contributed by atoms with Gasteiger partial charge in [0, 0.05) is 38.0 Å². The van der Waals surface area contributed by atoms with E-state index in [1.54, 1.807) is 48.5 Å². The summed E-state index contributed by atoms with van der Waals surface area (Å²) in [5, 5.41) is 0. The number of hydrogen-bond donors (Lipinski definition) is 0. The van der Waals surface area contributed by atoms with Crippen molar-refractivity contribution in [3.63, 3.8) is 0 Å². The molecule has 2 aromatic carbocycles. The Morgan fingerprint density at radius 3 is 1.29 bits per heavy atom. The Balaban J connectivity index is 1.49. The van der Waals surface area contributed by atoms with E-state index in [2.05, 4.69) is 13.2 Å². The largest absolute Gasteiger partial charge is 0.243 e. The van der Waals surface area contributed by atoms with E-state index in [1.165, 1.54) is 8.61 Å². The smallest absolute Gasteiger partial charge is 0.207 e. The second kappa shape index (κ2) is 8.02. The molecule has 0 spiro atoms. The fraction of sp³-hybridized carbons (Fsp3) is 0.308. The van der Waals surface area contributed by atoms with Crippen molar-refractivity contribution in [3.05, 3.63) is 95.1 Å². The van der Waals surface area contributed by atoms with Crippen molar-refractivity contribution in [1.82, 2.24) is 8.61 Å². The first-order chi connectivity index (χ1) is 16.0. The molecular formula is C26H28N2O4S2. The van der Waals surface area contributed by atoms with E-state index in [9.17, 15) is 16.8 Å². The first-order valence-electron chi connectivity index (χ1n) is 11.2. The standard InChI is InChI=1S/C26H28N2O4S2/c1-17-5-9-21(10-6-17)33(29,30)27-13-23-19(3)20(4)24-14-28(16-26(24)25(23)15-27)34(31,32)22-11-7-18(2)8-12-22/h5-12,23-24H,3-4,13-16H2,1-2H3/t23-,24+. The highest BCUT2D eigenvalue weighted by Gasteiger charge is 2.48. The lowest BCUT2D eigenvalue weighted by atomic mass is 9.74. The van der Waals surface area contributed by atoms with Gasteiger partial charge in [-0.2, -0.15) is 8.61 Å². The quantitative estimate of drug-likeness (QED) is 0.606. The molecule has 178 valence electrons. The molecule has 2 aromatic rings. The summed E-state index contributed by atoms with van der Waals surface area (Å²) in [6, 6.07) is 13.7. The molecule has 0 aromatic heterocycles. The highest BCUT2D eigenvalue weighted by molar-refractivity contribution is 7.89. The minimum absolute atomic E-state index is 0.166. The van der Waals surface area contributed by atoms with Crippen LogP contribution in [0.4, 0.5) is 0 Å². The summed E-state index contributed by atoms with van der Waals surface area (Å²) in [5.74, 6) is -0.331. The first kappa shape index (κ1) is 23.2. The first-order valence-corrected chi connectivity index (χ1v) is 14.1. The van der Waals surface area contributed by atoms with Gasteiger partial charge in [-0.05, 0) is 60.4 Å². The number of rotatable bonds is 4. The van der Waals surface area contributed by atoms with Crippen molar-refractivity contribution in [2.75, 3.05) is 26.2 Å². The van der Waals surface area contributed by atoms with Gasteiger partial charge in [-0.25, -0.2) is 16.8 Å². The van der Waals surface area contributed by atoms with Crippen molar-refractivity contribution in [1.29, 1.82) is 0 Å². The number of sulfonamides is 2. The summed E-state index contributed by atoms with van der Waals surface area (Å²) >= 11 is 0. The second-order valence-corrected chi connectivity index (χ2v) is 13.3. The molecule has 0 bridgehead atoms. The molecule has 0 unspecified atom stereocenters. The van der Waals surface area contributed by atoms with Gasteiger partial charge in [0.05, 0.1) is 9.79 Å². The molecule has 1 aliphatic carbocycles. The van der Waals surface area contributed by atoms with E-state index >= 15 is 0 Å². The summed E-state index contributed by atoms with van der Waals surface area (Å²) in [7, 11) is -7.35. The zero-order valence-corrected chi connectivity index (χ0v) is 21.0. The number of aryl methyl sites for hydroxylation is 2. The van der Waals surface area contributed by atoms with Gasteiger partial charge < -0.3 is 0 Å². The van der Waals surface area contributed by atoms with Crippen LogP contribution in [0.3, 0.4) is 0 Å². The molecule has 2 atom stereocenters. The fourth-order valence-electron chi connectivity index (χ4n) is 5.18. The van der Waals surface area contributed by atoms with Crippen molar-refractivity contribution in [3.8, 4) is 0 Å². The Morgan fingerprint density at radius 1 is 0.647 bits per heavy atom. The van der Waals surface area contributed by atoms with Crippen LogP contribution < -0.4 is 0 Å². The maximum atomic E-state index is 13.4. The molecule has 0 N–H and O–H groups in total. The van der Waals surface area contributed by atoms with Gasteiger partial charge in [-0.15, -0.1) is 0 Å². The summed E-state index contributed by atoms with van der Waals surface area (Å²) in [5.41, 5.74) is 5.54. The topological polar surface area (TPSA) is 74.8 Å². The monoisotopic (exact) mass is 496 g/mol. The molecular weight excluding hydrogens is 468 g/mol. The Labute approximate surface area is 202 Å². The number of hydrogen-bond acceptors (Lipinski definition) is 4. The van der Waals surface area contributed by atoms with Crippen molar-refractivity contribution in [2.24, 2.45) is 11.8 Å². The molecule has 2 aliphatic heterocycles. The third kappa shape index (κ3) is 3.60. The van der Waals surface area contributed by atoms with E-state index in [0.717, 1.165) is 33.4 Å². The van der Waals surface area contributed by atoms with Gasteiger partial charge in [-0.3, -0.25) is 0 Å². The van der Waals surface area contributed by atoms with Gasteiger partial charge in [0.1, 0.15) is 0 Å². The van der Waals surface area contributed by atoms with Crippen LogP contribution in [0.1, 0.15) is 11.1 Å². The molecule has 3 aliphatic rings. The number of fused-ring (bicyclic) bond motifs is 2. The molecule has 2 fully saturated rings. The van der Waals surface area contributed by atoms with Gasteiger partial charge in [0.25, 0.3) is 0 Å². The minimum atomic E-state index is -3.68. The highest BCUT2D eigenvalue weighted by Crippen LogP contribution is 2.48. The SMILES string of the molecule is C=C1C(=C)[C@@H]2CN(S(=O)(=O)c3ccc(C)cc3)CC2=C2CN(S(=O)(=O)c3ccc(C)cc3)C[C@H]12. The van der Waals surface area contributed by atoms with Crippen LogP contribution in [0, 0.1) is 25.7 Å². The van der Waals surface area contributed by atoms with Gasteiger partial charge in [0.15, 0.2) is 0 Å². The molecule has 0 radical (unpaired) electrons. The van der Waals surface area contributed by atoms with Crippen LogP contribution in [0.15, 0.2) is 93.8 Å². The predicted octanol–water partition coefficient (Wildman–Crippen LogP) is 3.67. The molecule has 5 rings (SSSR count). The maximum Gasteiger partial charge on any atom is 0.243 e. The molecule has 2 saturated heterocycles. The van der Waals surface area contributed by atoms with E-state index in [1.807, 2.05) is 13.8 Å². The third-order valence-corrected chi connectivity index (χ3v) is 10.9. The van der Waals surface area contributed by atoms with Crippen LogP contribution in [0.5, 0.6) is 0 Å². The molecule has 34 heavy (non-hydrogen) atoms. The van der Waals surface area contributed by atoms with Gasteiger partial charge in [-0.1, -0.05) is 48.6 Å². The van der Waals surface area contributed by atoms with Crippen molar-refractivity contribution >= 4 is 20.0 Å². The van der Waals surface area contributed by atoms with Crippen molar-refractivity contribution < 1.29 is 16.8 Å². The summed E-state index contributed by atoms with van der Waals surface area (Å²) in [6.45, 7) is 13.4. The van der Waals surface area contributed by atoms with Gasteiger partial charge >= 0.3 is 0 Å². The third-order valence-electron chi connectivity index (χ3n) is 7.29. The predicted molar refractivity (Wildman–Crippen MR) is 132 cm³/mol. The molecule has 0 saturated carbocycles. The van der Waals surface area contributed by atoms with Crippen LogP contribution >= 0.6 is 0 Å². The maximum absolute atomic E-state index is 13.4. The lowest BCUT2D eigenvalue weighted by Crippen LogP contribution is -2.30. The zero-order valence-electron chi connectivity index (χ0n) is 19.4.